The summed E-state index contributed by atoms with van der Waals surface area (Å²) in [7, 11) is 0. The number of pyridine rings is 2. The molecule has 2 aromatic heterocycles. The van der Waals surface area contributed by atoms with E-state index in [1.807, 2.05) is 13.1 Å². The maximum Gasteiger partial charge on any atom is 0.220 e. The van der Waals surface area contributed by atoms with E-state index in [9.17, 15) is 4.79 Å². The van der Waals surface area contributed by atoms with Crippen molar-refractivity contribution in [1.29, 1.82) is 0 Å². The summed E-state index contributed by atoms with van der Waals surface area (Å²) in [6.07, 6.45) is 11.7. The molecule has 1 amide bonds. The summed E-state index contributed by atoms with van der Waals surface area (Å²) in [5, 5.41) is 4.30. The standard InChI is InChI=1S/C27H34Cl2N6O2/c1-16(25-20(28)14-30-15-21(25)29)37-18-3-4-22-19(12-18)26(34-33-22)17-2-5-23(31-13-17)35-10-8-27(9-11-35)7-6-24(36)32-27/h2,5,13-16,18-19,22,26,33-34H,3-4,6-12H2,1H3,(H,32,36)/t16-,18?,19?,22?,26?/m1/s1. The van der Waals surface area contributed by atoms with Crippen LogP contribution in [0, 0.1) is 5.92 Å². The molecule has 4 aliphatic rings. The van der Waals surface area contributed by atoms with Crippen molar-refractivity contribution in [2.24, 2.45) is 5.92 Å². The molecule has 198 valence electrons. The number of ether oxygens (including phenoxy) is 1. The lowest BCUT2D eigenvalue weighted by molar-refractivity contribution is -0.119. The average Bonchev–Trinajstić information content (AvgIpc) is 3.47. The molecule has 6 rings (SSSR count). The van der Waals surface area contributed by atoms with Gasteiger partial charge in [0.25, 0.3) is 0 Å². The lowest BCUT2D eigenvalue weighted by Crippen LogP contribution is -2.51. The second-order valence-electron chi connectivity index (χ2n) is 11.0. The molecular weight excluding hydrogens is 511 g/mol. The number of nitrogens with zero attached hydrogens (tertiary/aromatic N) is 3. The zero-order valence-corrected chi connectivity index (χ0v) is 22.6. The quantitative estimate of drug-likeness (QED) is 0.510. The van der Waals surface area contributed by atoms with Crippen LogP contribution in [0.5, 0.6) is 0 Å². The third kappa shape index (κ3) is 5.06. The number of rotatable bonds is 5. The van der Waals surface area contributed by atoms with Crippen molar-refractivity contribution >= 4 is 34.9 Å². The van der Waals surface area contributed by atoms with Gasteiger partial charge in [-0.25, -0.2) is 10.4 Å². The van der Waals surface area contributed by atoms with E-state index in [4.69, 9.17) is 32.9 Å². The number of nitrogens with one attached hydrogen (secondary N) is 3. The Kier molecular flexibility index (Phi) is 7.05. The molecule has 37 heavy (non-hydrogen) atoms. The van der Waals surface area contributed by atoms with Gasteiger partial charge in [-0.15, -0.1) is 0 Å². The Bertz CT molecular complexity index is 1120. The van der Waals surface area contributed by atoms with E-state index in [1.165, 1.54) is 5.56 Å². The van der Waals surface area contributed by atoms with Crippen molar-refractivity contribution in [3.05, 3.63) is 51.9 Å². The molecule has 4 unspecified atom stereocenters. The summed E-state index contributed by atoms with van der Waals surface area (Å²) in [4.78, 5) is 23.0. The maximum absolute atomic E-state index is 11.7. The van der Waals surface area contributed by atoms with Gasteiger partial charge in [-0.3, -0.25) is 15.2 Å². The van der Waals surface area contributed by atoms with Crippen LogP contribution in [0.4, 0.5) is 5.82 Å². The van der Waals surface area contributed by atoms with Crippen LogP contribution >= 0.6 is 23.2 Å². The number of anilines is 1. The molecule has 0 aromatic carbocycles. The molecule has 4 fully saturated rings. The maximum atomic E-state index is 11.7. The average molecular weight is 546 g/mol. The van der Waals surface area contributed by atoms with Gasteiger partial charge in [0.05, 0.1) is 28.3 Å². The summed E-state index contributed by atoms with van der Waals surface area (Å²) in [5.41, 5.74) is 9.04. The first-order valence-electron chi connectivity index (χ1n) is 13.4. The Morgan fingerprint density at radius 3 is 2.54 bits per heavy atom. The highest BCUT2D eigenvalue weighted by atomic mass is 35.5. The van der Waals surface area contributed by atoms with Crippen LogP contribution < -0.4 is 21.1 Å². The Morgan fingerprint density at radius 1 is 1.08 bits per heavy atom. The lowest BCUT2D eigenvalue weighted by Gasteiger charge is -2.39. The zero-order chi connectivity index (χ0) is 25.6. The number of hydrogen-bond acceptors (Lipinski definition) is 7. The summed E-state index contributed by atoms with van der Waals surface area (Å²) < 4.78 is 6.48. The van der Waals surface area contributed by atoms with Gasteiger partial charge in [0, 0.05) is 55.2 Å². The number of fused-ring (bicyclic) bond motifs is 1. The second kappa shape index (κ2) is 10.3. The molecule has 3 aliphatic heterocycles. The summed E-state index contributed by atoms with van der Waals surface area (Å²) in [5.74, 6) is 1.61. The van der Waals surface area contributed by atoms with E-state index in [-0.39, 0.29) is 29.7 Å². The molecule has 3 saturated heterocycles. The third-order valence-electron chi connectivity index (χ3n) is 8.81. The van der Waals surface area contributed by atoms with Crippen LogP contribution in [0.1, 0.15) is 75.1 Å². The van der Waals surface area contributed by atoms with E-state index in [1.54, 1.807) is 12.4 Å². The Morgan fingerprint density at radius 2 is 1.86 bits per heavy atom. The molecule has 8 nitrogen and oxygen atoms in total. The molecule has 5 atom stereocenters. The van der Waals surface area contributed by atoms with E-state index < -0.39 is 0 Å². The van der Waals surface area contributed by atoms with Crippen molar-refractivity contribution < 1.29 is 9.53 Å². The number of hydrazine groups is 1. The molecular formula is C27H34Cl2N6O2. The van der Waals surface area contributed by atoms with Crippen LogP contribution in [-0.2, 0) is 9.53 Å². The Balaban J connectivity index is 1.08. The fourth-order valence-corrected chi connectivity index (χ4v) is 7.39. The van der Waals surface area contributed by atoms with Crippen molar-refractivity contribution in [2.75, 3.05) is 18.0 Å². The van der Waals surface area contributed by atoms with Gasteiger partial charge in [-0.2, -0.15) is 0 Å². The highest BCUT2D eigenvalue weighted by Crippen LogP contribution is 2.41. The molecule has 3 N–H and O–H groups in total. The van der Waals surface area contributed by atoms with E-state index >= 15 is 0 Å². The highest BCUT2D eigenvalue weighted by Gasteiger charge is 2.43. The number of halogens is 2. The van der Waals surface area contributed by atoms with Gasteiger partial charge in [0.1, 0.15) is 5.82 Å². The fraction of sp³-hybridized carbons (Fsp3) is 0.593. The molecule has 0 bridgehead atoms. The predicted octanol–water partition coefficient (Wildman–Crippen LogP) is 4.50. The number of hydrogen-bond donors (Lipinski definition) is 3. The summed E-state index contributed by atoms with van der Waals surface area (Å²) in [6.45, 7) is 3.85. The van der Waals surface area contributed by atoms with Crippen molar-refractivity contribution in [3.8, 4) is 0 Å². The number of carbonyl (C=O) groups excluding carboxylic acids is 1. The third-order valence-corrected chi connectivity index (χ3v) is 9.41. The summed E-state index contributed by atoms with van der Waals surface area (Å²) >= 11 is 12.7. The van der Waals surface area contributed by atoms with Crippen LogP contribution in [-0.4, -0.2) is 46.6 Å². The first-order valence-corrected chi connectivity index (χ1v) is 14.1. The topological polar surface area (TPSA) is 91.4 Å². The van der Waals surface area contributed by atoms with E-state index in [2.05, 4.69) is 38.2 Å². The minimum Gasteiger partial charge on any atom is -0.370 e. The fourth-order valence-electron chi connectivity index (χ4n) is 6.72. The number of amides is 1. The van der Waals surface area contributed by atoms with Gasteiger partial charge in [-0.05, 0) is 63.0 Å². The predicted molar refractivity (Wildman–Crippen MR) is 143 cm³/mol. The molecule has 0 radical (unpaired) electrons. The van der Waals surface area contributed by atoms with Crippen molar-refractivity contribution in [3.63, 3.8) is 0 Å². The molecule has 2 aromatic rings. The van der Waals surface area contributed by atoms with E-state index in [0.717, 1.165) is 63.0 Å². The smallest absolute Gasteiger partial charge is 0.220 e. The van der Waals surface area contributed by atoms with Gasteiger partial charge >= 0.3 is 0 Å². The Labute approximate surface area is 227 Å². The lowest BCUT2D eigenvalue weighted by atomic mass is 9.78. The zero-order valence-electron chi connectivity index (χ0n) is 21.1. The molecule has 1 spiro atoms. The van der Waals surface area contributed by atoms with Gasteiger partial charge in [-0.1, -0.05) is 29.3 Å². The first-order chi connectivity index (χ1) is 17.9. The number of aromatic nitrogens is 2. The van der Waals surface area contributed by atoms with Crippen molar-refractivity contribution in [2.45, 2.75) is 81.7 Å². The second-order valence-corrected chi connectivity index (χ2v) is 11.8. The highest BCUT2D eigenvalue weighted by molar-refractivity contribution is 6.35. The minimum atomic E-state index is -0.201. The molecule has 1 aliphatic carbocycles. The van der Waals surface area contributed by atoms with E-state index in [0.29, 0.717) is 28.4 Å². The van der Waals surface area contributed by atoms with Gasteiger partial charge in [0.2, 0.25) is 5.91 Å². The number of carbonyl (C=O) groups is 1. The van der Waals surface area contributed by atoms with Crippen LogP contribution in [0.15, 0.2) is 30.7 Å². The molecule has 5 heterocycles. The van der Waals surface area contributed by atoms with Gasteiger partial charge < -0.3 is 15.0 Å². The minimum absolute atomic E-state index is 0.00707. The molecule has 1 saturated carbocycles. The van der Waals surface area contributed by atoms with Crippen molar-refractivity contribution in [1.82, 2.24) is 26.1 Å². The monoisotopic (exact) mass is 544 g/mol. The van der Waals surface area contributed by atoms with Crippen LogP contribution in [0.25, 0.3) is 0 Å². The van der Waals surface area contributed by atoms with Crippen LogP contribution in [0.3, 0.4) is 0 Å². The molecule has 10 heteroatoms. The number of piperidine rings is 1. The normalized spacial score (nSPS) is 29.8. The summed E-state index contributed by atoms with van der Waals surface area (Å²) in [6, 6.07) is 4.93. The Hall–Kier alpha value is -1.97. The van der Waals surface area contributed by atoms with Crippen LogP contribution in [0.2, 0.25) is 10.0 Å². The largest absolute Gasteiger partial charge is 0.370 e. The van der Waals surface area contributed by atoms with Gasteiger partial charge in [0.15, 0.2) is 0 Å². The SMILES string of the molecule is C[C@@H](OC1CCC2NNC(c3ccc(N4CCC5(CCC(=O)N5)CC4)nc3)C2C1)c1c(Cl)cncc1Cl. The first kappa shape index (κ1) is 25.3.